The number of urea groups is 1. The van der Waals surface area contributed by atoms with Gasteiger partial charge in [0.2, 0.25) is 0 Å². The van der Waals surface area contributed by atoms with Gasteiger partial charge in [0.05, 0.1) is 0 Å². The summed E-state index contributed by atoms with van der Waals surface area (Å²) in [6, 6.07) is 11.8. The number of hydrogen-bond acceptors (Lipinski definition) is 1. The lowest BCUT2D eigenvalue weighted by Crippen LogP contribution is -2.28. The number of carbonyl (C=O) groups is 1. The maximum Gasteiger partial charge on any atom is 0.319 e. The summed E-state index contributed by atoms with van der Waals surface area (Å²) in [6.45, 7) is 6.56. The molecule has 2 rings (SSSR count). The summed E-state index contributed by atoms with van der Waals surface area (Å²) in [7, 11) is 0. The number of halogens is 1. The first-order chi connectivity index (χ1) is 9.95. The Kier molecular flexibility index (Phi) is 5.02. The monoisotopic (exact) mass is 346 g/mol. The predicted octanol–water partition coefficient (Wildman–Crippen LogP) is 4.70. The van der Waals surface area contributed by atoms with Crippen LogP contribution in [0.2, 0.25) is 0 Å². The highest BCUT2D eigenvalue weighted by molar-refractivity contribution is 9.10. The van der Waals surface area contributed by atoms with Crippen LogP contribution < -0.4 is 10.6 Å². The topological polar surface area (TPSA) is 41.1 Å². The van der Waals surface area contributed by atoms with E-state index in [1.165, 1.54) is 5.56 Å². The third-order valence-electron chi connectivity index (χ3n) is 3.26. The van der Waals surface area contributed by atoms with Gasteiger partial charge in [-0.15, -0.1) is 0 Å². The zero-order chi connectivity index (χ0) is 15.4. The van der Waals surface area contributed by atoms with Gasteiger partial charge in [0, 0.05) is 16.7 Å². The largest absolute Gasteiger partial charge is 0.334 e. The molecule has 0 fully saturated rings. The molecule has 0 aromatic heterocycles. The molecular formula is C17H19BrN2O. The molecule has 0 aliphatic heterocycles. The molecule has 0 heterocycles. The smallest absolute Gasteiger partial charge is 0.319 e. The Morgan fingerprint density at radius 1 is 1.10 bits per heavy atom. The van der Waals surface area contributed by atoms with E-state index >= 15 is 0 Å². The highest BCUT2D eigenvalue weighted by Crippen LogP contribution is 2.21. The second kappa shape index (κ2) is 6.76. The number of aryl methyl sites for hydroxylation is 3. The minimum absolute atomic E-state index is 0.190. The summed E-state index contributed by atoms with van der Waals surface area (Å²) in [5, 5.41) is 5.80. The molecule has 21 heavy (non-hydrogen) atoms. The highest BCUT2D eigenvalue weighted by atomic mass is 79.9. The zero-order valence-corrected chi connectivity index (χ0v) is 14.0. The van der Waals surface area contributed by atoms with E-state index in [1.807, 2.05) is 38.1 Å². The highest BCUT2D eigenvalue weighted by Gasteiger charge is 2.07. The Bertz CT molecular complexity index is 645. The van der Waals surface area contributed by atoms with Crippen molar-refractivity contribution in [3.63, 3.8) is 0 Å². The molecule has 0 aliphatic carbocycles. The van der Waals surface area contributed by atoms with E-state index in [0.717, 1.165) is 26.9 Å². The Morgan fingerprint density at radius 2 is 1.76 bits per heavy atom. The summed E-state index contributed by atoms with van der Waals surface area (Å²) < 4.78 is 1.01. The van der Waals surface area contributed by atoms with Crippen LogP contribution in [0.25, 0.3) is 0 Å². The summed E-state index contributed by atoms with van der Waals surface area (Å²) in [6.07, 6.45) is 0. The van der Waals surface area contributed by atoms with E-state index < -0.39 is 0 Å². The van der Waals surface area contributed by atoms with E-state index in [0.29, 0.717) is 6.54 Å². The molecule has 0 saturated heterocycles. The van der Waals surface area contributed by atoms with Crippen molar-refractivity contribution in [2.24, 2.45) is 0 Å². The summed E-state index contributed by atoms with van der Waals surface area (Å²) >= 11 is 3.42. The number of anilines is 1. The molecule has 0 bridgehead atoms. The fourth-order valence-corrected chi connectivity index (χ4v) is 2.81. The first-order valence-electron chi connectivity index (χ1n) is 6.83. The number of hydrogen-bond donors (Lipinski definition) is 2. The fraction of sp³-hybridized carbons (Fsp3) is 0.235. The van der Waals surface area contributed by atoms with Crippen molar-refractivity contribution < 1.29 is 4.79 Å². The Hall–Kier alpha value is -1.81. The summed E-state index contributed by atoms with van der Waals surface area (Å²) in [4.78, 5) is 12.0. The number of rotatable bonds is 3. The Balaban J connectivity index is 1.99. The molecule has 2 aromatic carbocycles. The van der Waals surface area contributed by atoms with Gasteiger partial charge < -0.3 is 10.6 Å². The van der Waals surface area contributed by atoms with Gasteiger partial charge >= 0.3 is 6.03 Å². The molecule has 0 radical (unpaired) electrons. The van der Waals surface area contributed by atoms with Gasteiger partial charge in [0.25, 0.3) is 0 Å². The van der Waals surface area contributed by atoms with Gasteiger partial charge in [-0.2, -0.15) is 0 Å². The molecule has 2 amide bonds. The Morgan fingerprint density at radius 3 is 2.38 bits per heavy atom. The van der Waals surface area contributed by atoms with Crippen LogP contribution in [0.1, 0.15) is 22.3 Å². The maximum atomic E-state index is 12.0. The lowest BCUT2D eigenvalue weighted by atomic mass is 10.1. The van der Waals surface area contributed by atoms with Crippen molar-refractivity contribution in [3.05, 3.63) is 63.1 Å². The van der Waals surface area contributed by atoms with Gasteiger partial charge in [-0.25, -0.2) is 4.79 Å². The number of benzene rings is 2. The number of nitrogens with one attached hydrogen (secondary N) is 2. The fourth-order valence-electron chi connectivity index (χ4n) is 2.36. The molecule has 2 aromatic rings. The molecule has 0 spiro atoms. The van der Waals surface area contributed by atoms with Gasteiger partial charge in [-0.3, -0.25) is 0 Å². The van der Waals surface area contributed by atoms with E-state index in [4.69, 9.17) is 0 Å². The van der Waals surface area contributed by atoms with Gasteiger partial charge in [0.1, 0.15) is 0 Å². The zero-order valence-electron chi connectivity index (χ0n) is 12.5. The van der Waals surface area contributed by atoms with E-state index in [1.54, 1.807) is 0 Å². The normalized spacial score (nSPS) is 10.3. The van der Waals surface area contributed by atoms with Crippen molar-refractivity contribution in [2.45, 2.75) is 27.3 Å². The van der Waals surface area contributed by atoms with Crippen molar-refractivity contribution >= 4 is 27.6 Å². The van der Waals surface area contributed by atoms with Crippen LogP contribution in [0.3, 0.4) is 0 Å². The summed E-state index contributed by atoms with van der Waals surface area (Å²) in [5.41, 5.74) is 5.28. The summed E-state index contributed by atoms with van der Waals surface area (Å²) in [5.74, 6) is 0. The molecule has 0 aliphatic rings. The second-order valence-corrected chi connectivity index (χ2v) is 6.13. The average Bonchev–Trinajstić information content (AvgIpc) is 2.40. The van der Waals surface area contributed by atoms with Crippen LogP contribution in [0.5, 0.6) is 0 Å². The van der Waals surface area contributed by atoms with Crippen LogP contribution in [-0.4, -0.2) is 6.03 Å². The molecule has 2 N–H and O–H groups in total. The first kappa shape index (κ1) is 15.6. The first-order valence-corrected chi connectivity index (χ1v) is 7.62. The molecule has 0 saturated carbocycles. The van der Waals surface area contributed by atoms with Crippen LogP contribution in [0.15, 0.2) is 40.9 Å². The predicted molar refractivity (Wildman–Crippen MR) is 90.7 cm³/mol. The van der Waals surface area contributed by atoms with Crippen molar-refractivity contribution in [2.75, 3.05) is 5.32 Å². The molecular weight excluding hydrogens is 328 g/mol. The molecule has 0 unspecified atom stereocenters. The number of amides is 2. The van der Waals surface area contributed by atoms with Crippen molar-refractivity contribution in [3.8, 4) is 0 Å². The quantitative estimate of drug-likeness (QED) is 0.831. The molecule has 110 valence electrons. The lowest BCUT2D eigenvalue weighted by Gasteiger charge is -2.13. The van der Waals surface area contributed by atoms with E-state index in [9.17, 15) is 4.79 Å². The maximum absolute atomic E-state index is 12.0. The second-order valence-electron chi connectivity index (χ2n) is 5.21. The van der Waals surface area contributed by atoms with Gasteiger partial charge in [0.15, 0.2) is 0 Å². The minimum Gasteiger partial charge on any atom is -0.334 e. The van der Waals surface area contributed by atoms with Crippen LogP contribution >= 0.6 is 15.9 Å². The molecule has 4 heteroatoms. The minimum atomic E-state index is -0.190. The van der Waals surface area contributed by atoms with Gasteiger partial charge in [-0.05, 0) is 49.6 Å². The van der Waals surface area contributed by atoms with E-state index in [-0.39, 0.29) is 6.03 Å². The SMILES string of the molecule is Cc1cc(C)c(NC(=O)NCc2cccc(Br)c2)c(C)c1. The molecule has 3 nitrogen and oxygen atoms in total. The number of carbonyl (C=O) groups excluding carboxylic acids is 1. The standard InChI is InChI=1S/C17H19BrN2O/c1-11-7-12(2)16(13(3)8-11)20-17(21)19-10-14-5-4-6-15(18)9-14/h4-9H,10H2,1-3H3,(H2,19,20,21). The average molecular weight is 347 g/mol. The van der Waals surface area contributed by atoms with Crippen LogP contribution in [0, 0.1) is 20.8 Å². The Labute approximate surface area is 133 Å². The lowest BCUT2D eigenvalue weighted by molar-refractivity contribution is 0.251. The van der Waals surface area contributed by atoms with Crippen molar-refractivity contribution in [1.29, 1.82) is 0 Å². The third-order valence-corrected chi connectivity index (χ3v) is 3.75. The van der Waals surface area contributed by atoms with Crippen LogP contribution in [-0.2, 0) is 6.54 Å². The van der Waals surface area contributed by atoms with E-state index in [2.05, 4.69) is 45.6 Å². The molecule has 0 atom stereocenters. The van der Waals surface area contributed by atoms with Crippen molar-refractivity contribution in [1.82, 2.24) is 5.32 Å². The third kappa shape index (κ3) is 4.33. The van der Waals surface area contributed by atoms with Gasteiger partial charge in [-0.1, -0.05) is 45.8 Å². The van der Waals surface area contributed by atoms with Crippen LogP contribution in [0.4, 0.5) is 10.5 Å².